The molecule has 1 aliphatic heterocycles. The average Bonchev–Trinajstić information content (AvgIpc) is 2.99. The summed E-state index contributed by atoms with van der Waals surface area (Å²) in [5.41, 5.74) is 2.06. The number of thiazole rings is 1. The maximum atomic E-state index is 12.6. The fourth-order valence-corrected chi connectivity index (χ4v) is 4.08. The van der Waals surface area contributed by atoms with Crippen LogP contribution in [0, 0.1) is 12.8 Å². The molecule has 2 aromatic rings. The van der Waals surface area contributed by atoms with E-state index in [-0.39, 0.29) is 17.7 Å². The third-order valence-corrected chi connectivity index (χ3v) is 5.40. The number of aryl methyl sites for hydroxylation is 1. The smallest absolute Gasteiger partial charge is 0.231 e. The van der Waals surface area contributed by atoms with E-state index in [9.17, 15) is 9.59 Å². The van der Waals surface area contributed by atoms with Gasteiger partial charge in [0.2, 0.25) is 11.8 Å². The highest BCUT2D eigenvalue weighted by molar-refractivity contribution is 7.22. The first-order valence-electron chi connectivity index (χ1n) is 8.53. The largest absolute Gasteiger partial charge is 0.342 e. The molecule has 2 amide bonds. The predicted molar refractivity (Wildman–Crippen MR) is 97.2 cm³/mol. The van der Waals surface area contributed by atoms with Crippen molar-refractivity contribution in [1.29, 1.82) is 0 Å². The van der Waals surface area contributed by atoms with Crippen molar-refractivity contribution in [2.45, 2.75) is 39.5 Å². The molecule has 1 aromatic carbocycles. The van der Waals surface area contributed by atoms with E-state index in [1.54, 1.807) is 0 Å². The standard InChI is InChI=1S/C18H23N3O2S/c1-3-6-15(22)21-10-5-8-13(11-21)17(23)20-18-19-16-12(2)7-4-9-14(16)24-18/h4,7,9,13H,3,5-6,8,10-11H2,1-2H3,(H,19,20,23). The summed E-state index contributed by atoms with van der Waals surface area (Å²) in [7, 11) is 0. The highest BCUT2D eigenvalue weighted by Crippen LogP contribution is 2.29. The monoisotopic (exact) mass is 345 g/mol. The molecule has 1 aromatic heterocycles. The number of aromatic nitrogens is 1. The maximum absolute atomic E-state index is 12.6. The van der Waals surface area contributed by atoms with Gasteiger partial charge in [-0.25, -0.2) is 4.98 Å². The number of amides is 2. The van der Waals surface area contributed by atoms with Crippen LogP contribution in [0.4, 0.5) is 5.13 Å². The highest BCUT2D eigenvalue weighted by atomic mass is 32.1. The zero-order chi connectivity index (χ0) is 17.1. The first-order valence-corrected chi connectivity index (χ1v) is 9.35. The number of nitrogens with one attached hydrogen (secondary N) is 1. The summed E-state index contributed by atoms with van der Waals surface area (Å²) >= 11 is 1.50. The van der Waals surface area contributed by atoms with Gasteiger partial charge in [0.25, 0.3) is 0 Å². The Balaban J connectivity index is 1.67. The van der Waals surface area contributed by atoms with Gasteiger partial charge in [-0.05, 0) is 37.8 Å². The van der Waals surface area contributed by atoms with E-state index in [1.807, 2.05) is 36.9 Å². The van der Waals surface area contributed by atoms with Crippen LogP contribution in [0.3, 0.4) is 0 Å². The van der Waals surface area contributed by atoms with Crippen LogP contribution in [0.1, 0.15) is 38.2 Å². The van der Waals surface area contributed by atoms with Crippen molar-refractivity contribution < 1.29 is 9.59 Å². The number of fused-ring (bicyclic) bond motifs is 1. The van der Waals surface area contributed by atoms with E-state index in [2.05, 4.69) is 10.3 Å². The molecule has 0 bridgehead atoms. The molecule has 5 nitrogen and oxygen atoms in total. The third kappa shape index (κ3) is 3.59. The number of benzene rings is 1. The molecule has 0 aliphatic carbocycles. The molecule has 1 N–H and O–H groups in total. The van der Waals surface area contributed by atoms with Crippen LogP contribution in [-0.2, 0) is 9.59 Å². The summed E-state index contributed by atoms with van der Waals surface area (Å²) in [5, 5.41) is 3.59. The second-order valence-corrected chi connectivity index (χ2v) is 7.39. The average molecular weight is 345 g/mol. The molecule has 1 unspecified atom stereocenters. The number of hydrogen-bond acceptors (Lipinski definition) is 4. The van der Waals surface area contributed by atoms with Gasteiger partial charge < -0.3 is 10.2 Å². The topological polar surface area (TPSA) is 62.3 Å². The van der Waals surface area contributed by atoms with E-state index in [0.29, 0.717) is 18.1 Å². The number of piperidine rings is 1. The Bertz CT molecular complexity index is 756. The lowest BCUT2D eigenvalue weighted by Gasteiger charge is -2.31. The van der Waals surface area contributed by atoms with Crippen molar-refractivity contribution in [2.24, 2.45) is 5.92 Å². The van der Waals surface area contributed by atoms with E-state index < -0.39 is 0 Å². The van der Waals surface area contributed by atoms with Crippen LogP contribution < -0.4 is 5.32 Å². The van der Waals surface area contributed by atoms with Crippen molar-refractivity contribution in [1.82, 2.24) is 9.88 Å². The van der Waals surface area contributed by atoms with Gasteiger partial charge >= 0.3 is 0 Å². The fourth-order valence-electron chi connectivity index (χ4n) is 3.14. The summed E-state index contributed by atoms with van der Waals surface area (Å²) < 4.78 is 1.08. The lowest BCUT2D eigenvalue weighted by atomic mass is 9.97. The van der Waals surface area contributed by atoms with E-state index in [4.69, 9.17) is 0 Å². The Morgan fingerprint density at radius 1 is 1.42 bits per heavy atom. The lowest BCUT2D eigenvalue weighted by Crippen LogP contribution is -2.43. The molecule has 1 fully saturated rings. The minimum atomic E-state index is -0.146. The summed E-state index contributed by atoms with van der Waals surface area (Å²) in [5.74, 6) is -0.0148. The van der Waals surface area contributed by atoms with Gasteiger partial charge in [0.15, 0.2) is 5.13 Å². The number of anilines is 1. The second-order valence-electron chi connectivity index (χ2n) is 6.36. The number of hydrogen-bond donors (Lipinski definition) is 1. The zero-order valence-electron chi connectivity index (χ0n) is 14.2. The normalized spacial score (nSPS) is 17.9. The molecular weight excluding hydrogens is 322 g/mol. The van der Waals surface area contributed by atoms with Crippen LogP contribution in [0.2, 0.25) is 0 Å². The highest BCUT2D eigenvalue weighted by Gasteiger charge is 2.28. The fraction of sp³-hybridized carbons (Fsp3) is 0.500. The minimum absolute atomic E-state index is 0.0271. The number of rotatable bonds is 4. The molecule has 1 saturated heterocycles. The molecule has 0 spiro atoms. The van der Waals surface area contributed by atoms with Gasteiger partial charge in [0.05, 0.1) is 16.1 Å². The van der Waals surface area contributed by atoms with Crippen LogP contribution in [0.5, 0.6) is 0 Å². The second kappa shape index (κ2) is 7.30. The third-order valence-electron chi connectivity index (χ3n) is 4.46. The van der Waals surface area contributed by atoms with Gasteiger partial charge in [0.1, 0.15) is 0 Å². The van der Waals surface area contributed by atoms with Gasteiger partial charge in [-0.1, -0.05) is 30.4 Å². The van der Waals surface area contributed by atoms with Gasteiger partial charge in [-0.2, -0.15) is 0 Å². The summed E-state index contributed by atoms with van der Waals surface area (Å²) in [6.45, 7) is 5.31. The number of carbonyl (C=O) groups is 2. The molecular formula is C18H23N3O2S. The summed E-state index contributed by atoms with van der Waals surface area (Å²) in [6, 6.07) is 6.03. The van der Waals surface area contributed by atoms with E-state index in [1.165, 1.54) is 11.3 Å². The van der Waals surface area contributed by atoms with Crippen molar-refractivity contribution >= 4 is 38.5 Å². The SMILES string of the molecule is CCCC(=O)N1CCCC(C(=O)Nc2nc3c(C)cccc3s2)C1. The molecule has 6 heteroatoms. The Hall–Kier alpha value is -1.95. The van der Waals surface area contributed by atoms with E-state index in [0.717, 1.165) is 41.6 Å². The van der Waals surface area contributed by atoms with Crippen molar-refractivity contribution in [3.05, 3.63) is 23.8 Å². The summed E-state index contributed by atoms with van der Waals surface area (Å²) in [4.78, 5) is 31.0. The first kappa shape index (κ1) is 16.9. The molecule has 2 heterocycles. The summed E-state index contributed by atoms with van der Waals surface area (Å²) in [6.07, 6.45) is 3.11. The Morgan fingerprint density at radius 2 is 2.25 bits per heavy atom. The predicted octanol–water partition coefficient (Wildman–Crippen LogP) is 3.58. The molecule has 1 atom stereocenters. The van der Waals surface area contributed by atoms with Crippen LogP contribution in [-0.4, -0.2) is 34.8 Å². The van der Waals surface area contributed by atoms with Gasteiger partial charge in [-0.15, -0.1) is 0 Å². The van der Waals surface area contributed by atoms with Crippen molar-refractivity contribution in [3.63, 3.8) is 0 Å². The first-order chi connectivity index (χ1) is 11.6. The molecule has 24 heavy (non-hydrogen) atoms. The number of nitrogens with zero attached hydrogens (tertiary/aromatic N) is 2. The lowest BCUT2D eigenvalue weighted by molar-refractivity contribution is -0.134. The Labute approximate surface area is 146 Å². The number of para-hydroxylation sites is 1. The number of carbonyl (C=O) groups excluding carboxylic acids is 2. The Kier molecular flexibility index (Phi) is 5.14. The van der Waals surface area contributed by atoms with E-state index >= 15 is 0 Å². The quantitative estimate of drug-likeness (QED) is 0.921. The maximum Gasteiger partial charge on any atom is 0.231 e. The number of likely N-dealkylation sites (tertiary alicyclic amines) is 1. The Morgan fingerprint density at radius 3 is 3.00 bits per heavy atom. The molecule has 1 aliphatic rings. The molecule has 128 valence electrons. The molecule has 0 saturated carbocycles. The van der Waals surface area contributed by atoms with Crippen molar-refractivity contribution in [2.75, 3.05) is 18.4 Å². The van der Waals surface area contributed by atoms with Crippen LogP contribution in [0.25, 0.3) is 10.2 Å². The minimum Gasteiger partial charge on any atom is -0.342 e. The van der Waals surface area contributed by atoms with Crippen LogP contribution in [0.15, 0.2) is 18.2 Å². The van der Waals surface area contributed by atoms with Crippen LogP contribution >= 0.6 is 11.3 Å². The van der Waals surface area contributed by atoms with Gasteiger partial charge in [-0.3, -0.25) is 9.59 Å². The molecule has 0 radical (unpaired) electrons. The molecule has 3 rings (SSSR count). The van der Waals surface area contributed by atoms with Crippen molar-refractivity contribution in [3.8, 4) is 0 Å². The van der Waals surface area contributed by atoms with Gasteiger partial charge in [0, 0.05) is 19.5 Å². The zero-order valence-corrected chi connectivity index (χ0v) is 15.0.